The molecule has 0 saturated carbocycles. The first kappa shape index (κ1) is 15.9. The van der Waals surface area contributed by atoms with Crippen molar-refractivity contribution >= 4 is 9.28 Å². The standard InChI is InChI=1S/C10H21F3O2Si/c1-3-14-16(15-4-2)8-10(13)9(12)6-5-7-11/h9-10,16H,3-8H2,1-2H3. The number of alkyl halides is 3. The molecule has 0 rings (SSSR count). The van der Waals surface area contributed by atoms with Crippen LogP contribution in [0.2, 0.25) is 6.04 Å². The van der Waals surface area contributed by atoms with Crippen LogP contribution in [0.3, 0.4) is 0 Å². The average Bonchev–Trinajstić information content (AvgIpc) is 2.26. The van der Waals surface area contributed by atoms with Crippen LogP contribution in [0.5, 0.6) is 0 Å². The minimum atomic E-state index is -2.09. The minimum absolute atomic E-state index is 0.00483. The van der Waals surface area contributed by atoms with Crippen LogP contribution in [-0.4, -0.2) is 41.5 Å². The summed E-state index contributed by atoms with van der Waals surface area (Å²) in [4.78, 5) is 0. The molecule has 0 fully saturated rings. The Hall–Kier alpha value is -0.0731. The molecule has 2 nitrogen and oxygen atoms in total. The van der Waals surface area contributed by atoms with E-state index in [9.17, 15) is 13.2 Å². The van der Waals surface area contributed by atoms with Gasteiger partial charge in [0.05, 0.1) is 6.67 Å². The van der Waals surface area contributed by atoms with Gasteiger partial charge in [-0.05, 0) is 26.7 Å². The van der Waals surface area contributed by atoms with Crippen LogP contribution in [0.25, 0.3) is 0 Å². The highest BCUT2D eigenvalue weighted by atomic mass is 28.3. The van der Waals surface area contributed by atoms with Gasteiger partial charge in [0.15, 0.2) is 0 Å². The smallest absolute Gasteiger partial charge is 0.324 e. The third-order valence-corrected chi connectivity index (χ3v) is 4.37. The van der Waals surface area contributed by atoms with E-state index in [2.05, 4.69) is 0 Å². The Morgan fingerprint density at radius 3 is 2.06 bits per heavy atom. The molecule has 0 N–H and O–H groups in total. The van der Waals surface area contributed by atoms with Crippen molar-refractivity contribution in [3.63, 3.8) is 0 Å². The second-order valence-corrected chi connectivity index (χ2v) is 5.44. The summed E-state index contributed by atoms with van der Waals surface area (Å²) < 4.78 is 48.9. The Balaban J connectivity index is 3.90. The van der Waals surface area contributed by atoms with E-state index in [1.165, 1.54) is 0 Å². The second-order valence-electron chi connectivity index (χ2n) is 3.44. The van der Waals surface area contributed by atoms with Crippen LogP contribution in [0.4, 0.5) is 13.2 Å². The Labute approximate surface area is 97.0 Å². The fourth-order valence-corrected chi connectivity index (χ4v) is 3.12. The Morgan fingerprint density at radius 1 is 1.06 bits per heavy atom. The van der Waals surface area contributed by atoms with Crippen LogP contribution < -0.4 is 0 Å². The summed E-state index contributed by atoms with van der Waals surface area (Å²) in [6.07, 6.45) is -3.21. The molecule has 0 aliphatic rings. The van der Waals surface area contributed by atoms with Crippen molar-refractivity contribution in [1.29, 1.82) is 0 Å². The first-order valence-electron chi connectivity index (χ1n) is 5.72. The van der Waals surface area contributed by atoms with Gasteiger partial charge in [0, 0.05) is 19.3 Å². The molecular weight excluding hydrogens is 237 g/mol. The normalized spacial score (nSPS) is 15.4. The molecule has 16 heavy (non-hydrogen) atoms. The topological polar surface area (TPSA) is 18.5 Å². The lowest BCUT2D eigenvalue weighted by molar-refractivity contribution is 0.145. The Bertz CT molecular complexity index is 157. The van der Waals surface area contributed by atoms with Crippen molar-refractivity contribution in [2.75, 3.05) is 19.9 Å². The van der Waals surface area contributed by atoms with Gasteiger partial charge in [-0.1, -0.05) is 0 Å². The number of rotatable bonds is 10. The number of hydrogen-bond acceptors (Lipinski definition) is 2. The quantitative estimate of drug-likeness (QED) is 0.561. The highest BCUT2D eigenvalue weighted by Gasteiger charge is 2.26. The highest BCUT2D eigenvalue weighted by Crippen LogP contribution is 2.17. The molecule has 0 aliphatic heterocycles. The van der Waals surface area contributed by atoms with Gasteiger partial charge in [-0.2, -0.15) is 0 Å². The predicted molar refractivity (Wildman–Crippen MR) is 60.2 cm³/mol. The maximum Gasteiger partial charge on any atom is 0.324 e. The van der Waals surface area contributed by atoms with Crippen molar-refractivity contribution in [3.05, 3.63) is 0 Å². The largest absolute Gasteiger partial charge is 0.397 e. The van der Waals surface area contributed by atoms with E-state index in [0.717, 1.165) is 0 Å². The molecule has 0 amide bonds. The molecule has 0 aliphatic carbocycles. The van der Waals surface area contributed by atoms with E-state index in [4.69, 9.17) is 8.85 Å². The highest BCUT2D eigenvalue weighted by molar-refractivity contribution is 6.44. The van der Waals surface area contributed by atoms with E-state index in [-0.39, 0.29) is 18.9 Å². The predicted octanol–water partition coefficient (Wildman–Crippen LogP) is 2.71. The summed E-state index contributed by atoms with van der Waals surface area (Å²) in [5.74, 6) is 0. The molecule has 0 bridgehead atoms. The zero-order valence-corrected chi connectivity index (χ0v) is 11.1. The van der Waals surface area contributed by atoms with Gasteiger partial charge >= 0.3 is 9.28 Å². The first-order chi connectivity index (χ1) is 7.65. The summed E-state index contributed by atoms with van der Waals surface area (Å²) in [7, 11) is -2.09. The minimum Gasteiger partial charge on any atom is -0.397 e. The lowest BCUT2D eigenvalue weighted by Gasteiger charge is -2.19. The van der Waals surface area contributed by atoms with E-state index in [1.54, 1.807) is 13.8 Å². The fourth-order valence-electron chi connectivity index (χ4n) is 1.34. The van der Waals surface area contributed by atoms with Crippen LogP contribution >= 0.6 is 0 Å². The summed E-state index contributed by atoms with van der Waals surface area (Å²) in [6.45, 7) is 3.88. The third kappa shape index (κ3) is 7.24. The molecule has 0 aromatic carbocycles. The summed E-state index contributed by atoms with van der Waals surface area (Å²) in [5, 5.41) is 0. The van der Waals surface area contributed by atoms with Gasteiger partial charge in [-0.25, -0.2) is 8.78 Å². The molecule has 0 heterocycles. The Morgan fingerprint density at radius 2 is 1.62 bits per heavy atom. The molecule has 2 atom stereocenters. The van der Waals surface area contributed by atoms with Crippen molar-refractivity contribution in [2.24, 2.45) is 0 Å². The van der Waals surface area contributed by atoms with E-state index >= 15 is 0 Å². The third-order valence-electron chi connectivity index (χ3n) is 2.13. The molecule has 0 radical (unpaired) electrons. The lowest BCUT2D eigenvalue weighted by atomic mass is 10.1. The van der Waals surface area contributed by atoms with E-state index in [0.29, 0.717) is 13.2 Å². The molecule has 6 heteroatoms. The number of hydrogen-bond donors (Lipinski definition) is 0. The van der Waals surface area contributed by atoms with Gasteiger partial charge in [0.25, 0.3) is 0 Å². The van der Waals surface area contributed by atoms with Crippen LogP contribution in [0.15, 0.2) is 0 Å². The number of halogens is 3. The fraction of sp³-hybridized carbons (Fsp3) is 1.00. The lowest BCUT2D eigenvalue weighted by Crippen LogP contribution is -2.30. The van der Waals surface area contributed by atoms with Gasteiger partial charge in [0.2, 0.25) is 0 Å². The first-order valence-corrected chi connectivity index (χ1v) is 7.48. The van der Waals surface area contributed by atoms with Crippen molar-refractivity contribution < 1.29 is 22.0 Å². The van der Waals surface area contributed by atoms with Gasteiger partial charge < -0.3 is 8.85 Å². The molecule has 0 spiro atoms. The van der Waals surface area contributed by atoms with Crippen molar-refractivity contribution in [2.45, 2.75) is 45.1 Å². The molecule has 0 aromatic heterocycles. The average molecular weight is 258 g/mol. The van der Waals surface area contributed by atoms with Gasteiger partial charge in [0.1, 0.15) is 12.3 Å². The summed E-state index contributed by atoms with van der Waals surface area (Å²) in [6, 6.07) is -0.00483. The van der Waals surface area contributed by atoms with Crippen LogP contribution in [0, 0.1) is 0 Å². The Kier molecular flexibility index (Phi) is 10.1. The van der Waals surface area contributed by atoms with E-state index in [1.807, 2.05) is 0 Å². The maximum atomic E-state index is 13.4. The van der Waals surface area contributed by atoms with Crippen molar-refractivity contribution in [1.82, 2.24) is 0 Å². The SMILES string of the molecule is CCO[SiH](CC(F)C(F)CCCF)OCC. The second kappa shape index (κ2) is 10.1. The molecule has 98 valence electrons. The summed E-state index contributed by atoms with van der Waals surface area (Å²) in [5.41, 5.74) is 0. The van der Waals surface area contributed by atoms with E-state index < -0.39 is 28.3 Å². The zero-order chi connectivity index (χ0) is 12.4. The van der Waals surface area contributed by atoms with Crippen LogP contribution in [-0.2, 0) is 8.85 Å². The van der Waals surface area contributed by atoms with Gasteiger partial charge in [-0.3, -0.25) is 4.39 Å². The molecule has 0 aromatic rings. The maximum absolute atomic E-state index is 13.4. The monoisotopic (exact) mass is 258 g/mol. The zero-order valence-electron chi connectivity index (χ0n) is 9.93. The molecule has 2 unspecified atom stereocenters. The summed E-state index contributed by atoms with van der Waals surface area (Å²) >= 11 is 0. The van der Waals surface area contributed by atoms with Gasteiger partial charge in [-0.15, -0.1) is 0 Å². The molecule has 0 saturated heterocycles. The van der Waals surface area contributed by atoms with Crippen molar-refractivity contribution in [3.8, 4) is 0 Å². The molecular formula is C10H21F3O2Si. The van der Waals surface area contributed by atoms with Crippen LogP contribution in [0.1, 0.15) is 26.7 Å².